The van der Waals surface area contributed by atoms with Crippen molar-refractivity contribution in [2.75, 3.05) is 19.6 Å². The number of rotatable bonds is 3. The summed E-state index contributed by atoms with van der Waals surface area (Å²) in [6.07, 6.45) is 0.546. The number of hydrogen-bond donors (Lipinski definition) is 1. The molecule has 1 saturated heterocycles. The lowest BCUT2D eigenvalue weighted by atomic mass is 10.0. The van der Waals surface area contributed by atoms with Crippen molar-refractivity contribution in [1.82, 2.24) is 4.90 Å². The highest BCUT2D eigenvalue weighted by molar-refractivity contribution is 9.10. The number of ether oxygens (including phenoxy) is 1. The highest BCUT2D eigenvalue weighted by atomic mass is 79.9. The van der Waals surface area contributed by atoms with Gasteiger partial charge in [0, 0.05) is 30.1 Å². The number of nitrogens with two attached hydrogens (primary N) is 1. The van der Waals surface area contributed by atoms with Crippen LogP contribution in [0, 0.1) is 0 Å². The fourth-order valence-corrected chi connectivity index (χ4v) is 3.10. The van der Waals surface area contributed by atoms with E-state index >= 15 is 0 Å². The molecule has 0 bridgehead atoms. The van der Waals surface area contributed by atoms with E-state index < -0.39 is 0 Å². The first kappa shape index (κ1) is 14.0. The minimum absolute atomic E-state index is 0.273. The van der Waals surface area contributed by atoms with Gasteiger partial charge in [-0.2, -0.15) is 0 Å². The fourth-order valence-electron chi connectivity index (χ4n) is 2.68. The normalized spacial score (nSPS) is 27.1. The van der Waals surface area contributed by atoms with E-state index in [1.807, 2.05) is 6.07 Å². The third-order valence-electron chi connectivity index (χ3n) is 3.35. The molecule has 0 radical (unpaired) electrons. The van der Waals surface area contributed by atoms with Crippen molar-refractivity contribution in [1.29, 1.82) is 0 Å². The summed E-state index contributed by atoms with van der Waals surface area (Å²) in [6, 6.07) is 8.68. The van der Waals surface area contributed by atoms with Crippen LogP contribution < -0.4 is 5.73 Å². The zero-order chi connectivity index (χ0) is 13.1. The van der Waals surface area contributed by atoms with Gasteiger partial charge in [0.25, 0.3) is 0 Å². The topological polar surface area (TPSA) is 38.5 Å². The summed E-state index contributed by atoms with van der Waals surface area (Å²) < 4.78 is 6.88. The van der Waals surface area contributed by atoms with Crippen LogP contribution >= 0.6 is 15.9 Å². The summed E-state index contributed by atoms with van der Waals surface area (Å²) in [5, 5.41) is 0. The molecule has 1 aliphatic heterocycles. The van der Waals surface area contributed by atoms with Gasteiger partial charge in [-0.15, -0.1) is 0 Å². The van der Waals surface area contributed by atoms with Gasteiger partial charge in [-0.3, -0.25) is 4.90 Å². The van der Waals surface area contributed by atoms with Gasteiger partial charge >= 0.3 is 0 Å². The summed E-state index contributed by atoms with van der Waals surface area (Å²) in [4.78, 5) is 2.43. The average molecular weight is 313 g/mol. The number of morpholine rings is 1. The Morgan fingerprint density at radius 1 is 1.39 bits per heavy atom. The van der Waals surface area contributed by atoms with Gasteiger partial charge in [0.1, 0.15) is 0 Å². The summed E-state index contributed by atoms with van der Waals surface area (Å²) in [5.41, 5.74) is 7.25. The maximum Gasteiger partial charge on any atom is 0.0678 e. The lowest BCUT2D eigenvalue weighted by molar-refractivity contribution is -0.0799. The SMILES string of the molecule is C[C@@H]1CN(C(CN)c2cccc(Br)c2)C[C@H](C)O1. The molecule has 0 spiro atoms. The van der Waals surface area contributed by atoms with Crippen LogP contribution in [0.25, 0.3) is 0 Å². The molecule has 1 aliphatic rings. The minimum Gasteiger partial charge on any atom is -0.373 e. The van der Waals surface area contributed by atoms with E-state index in [-0.39, 0.29) is 18.2 Å². The Balaban J connectivity index is 2.17. The smallest absolute Gasteiger partial charge is 0.0678 e. The van der Waals surface area contributed by atoms with Gasteiger partial charge in [0.2, 0.25) is 0 Å². The van der Waals surface area contributed by atoms with Crippen LogP contribution in [-0.4, -0.2) is 36.7 Å². The first-order valence-corrected chi connectivity index (χ1v) is 7.24. The second kappa shape index (κ2) is 6.15. The molecule has 100 valence electrons. The number of nitrogens with zero attached hydrogens (tertiary/aromatic N) is 1. The van der Waals surface area contributed by atoms with Crippen molar-refractivity contribution < 1.29 is 4.74 Å². The lowest BCUT2D eigenvalue weighted by Gasteiger charge is -2.40. The van der Waals surface area contributed by atoms with E-state index in [0.29, 0.717) is 6.54 Å². The number of hydrogen-bond acceptors (Lipinski definition) is 3. The summed E-state index contributed by atoms with van der Waals surface area (Å²) in [6.45, 7) is 6.77. The van der Waals surface area contributed by atoms with E-state index in [1.54, 1.807) is 0 Å². The quantitative estimate of drug-likeness (QED) is 0.932. The van der Waals surface area contributed by atoms with Crippen LogP contribution in [0.1, 0.15) is 25.5 Å². The highest BCUT2D eigenvalue weighted by Gasteiger charge is 2.28. The predicted octanol–water partition coefficient (Wildman–Crippen LogP) is 2.56. The van der Waals surface area contributed by atoms with Gasteiger partial charge in [-0.1, -0.05) is 28.1 Å². The third kappa shape index (κ3) is 3.32. The molecule has 18 heavy (non-hydrogen) atoms. The Morgan fingerprint density at radius 3 is 2.61 bits per heavy atom. The van der Waals surface area contributed by atoms with E-state index in [1.165, 1.54) is 5.56 Å². The molecular weight excluding hydrogens is 292 g/mol. The lowest BCUT2D eigenvalue weighted by Crippen LogP contribution is -2.48. The molecule has 1 heterocycles. The van der Waals surface area contributed by atoms with Crippen molar-refractivity contribution >= 4 is 15.9 Å². The van der Waals surface area contributed by atoms with Gasteiger partial charge in [0.15, 0.2) is 0 Å². The predicted molar refractivity (Wildman–Crippen MR) is 77.5 cm³/mol. The Morgan fingerprint density at radius 2 is 2.06 bits per heavy atom. The average Bonchev–Trinajstić information content (AvgIpc) is 2.28. The van der Waals surface area contributed by atoms with Crippen molar-refractivity contribution in [3.63, 3.8) is 0 Å². The molecule has 0 amide bonds. The van der Waals surface area contributed by atoms with E-state index in [9.17, 15) is 0 Å². The van der Waals surface area contributed by atoms with Crippen LogP contribution in [0.3, 0.4) is 0 Å². The van der Waals surface area contributed by atoms with E-state index in [0.717, 1.165) is 17.6 Å². The second-order valence-corrected chi connectivity index (χ2v) is 5.93. The van der Waals surface area contributed by atoms with Gasteiger partial charge in [-0.25, -0.2) is 0 Å². The molecule has 2 N–H and O–H groups in total. The van der Waals surface area contributed by atoms with Gasteiger partial charge in [-0.05, 0) is 31.5 Å². The van der Waals surface area contributed by atoms with Crippen LogP contribution in [0.5, 0.6) is 0 Å². The van der Waals surface area contributed by atoms with Crippen molar-refractivity contribution in [2.45, 2.75) is 32.1 Å². The highest BCUT2D eigenvalue weighted by Crippen LogP contribution is 2.26. The molecule has 4 heteroatoms. The molecule has 0 aromatic heterocycles. The van der Waals surface area contributed by atoms with Crippen LogP contribution in [0.4, 0.5) is 0 Å². The molecule has 0 saturated carbocycles. The molecule has 1 unspecified atom stereocenters. The molecule has 1 fully saturated rings. The first-order valence-electron chi connectivity index (χ1n) is 6.45. The molecule has 1 aromatic carbocycles. The first-order chi connectivity index (χ1) is 8.60. The van der Waals surface area contributed by atoms with Crippen molar-refractivity contribution in [3.8, 4) is 0 Å². The second-order valence-electron chi connectivity index (χ2n) is 5.02. The maximum atomic E-state index is 5.98. The maximum absolute atomic E-state index is 5.98. The Bertz CT molecular complexity index is 389. The zero-order valence-electron chi connectivity index (χ0n) is 11.0. The summed E-state index contributed by atoms with van der Waals surface area (Å²) in [5.74, 6) is 0. The zero-order valence-corrected chi connectivity index (χ0v) is 12.6. The van der Waals surface area contributed by atoms with Crippen LogP contribution in [-0.2, 0) is 4.74 Å². The van der Waals surface area contributed by atoms with E-state index in [4.69, 9.17) is 10.5 Å². The standard InChI is InChI=1S/C14H21BrN2O/c1-10-8-17(9-11(2)18-10)14(7-16)12-4-3-5-13(15)6-12/h3-6,10-11,14H,7-9,16H2,1-2H3/t10-,11+,14?. The summed E-state index contributed by atoms with van der Waals surface area (Å²) in [7, 11) is 0. The Labute approximate surface area is 117 Å². The van der Waals surface area contributed by atoms with Gasteiger partial charge in [0.05, 0.1) is 12.2 Å². The largest absolute Gasteiger partial charge is 0.373 e. The monoisotopic (exact) mass is 312 g/mol. The molecule has 1 aromatic rings. The Kier molecular flexibility index (Phi) is 4.78. The molecule has 2 rings (SSSR count). The Hall–Kier alpha value is -0.420. The third-order valence-corrected chi connectivity index (χ3v) is 3.84. The number of benzene rings is 1. The fraction of sp³-hybridized carbons (Fsp3) is 0.571. The van der Waals surface area contributed by atoms with E-state index in [2.05, 4.69) is 52.9 Å². The number of halogens is 1. The molecule has 3 atom stereocenters. The molecule has 3 nitrogen and oxygen atoms in total. The van der Waals surface area contributed by atoms with Crippen molar-refractivity contribution in [3.05, 3.63) is 34.3 Å². The van der Waals surface area contributed by atoms with Crippen molar-refractivity contribution in [2.24, 2.45) is 5.73 Å². The van der Waals surface area contributed by atoms with Crippen LogP contribution in [0.15, 0.2) is 28.7 Å². The molecule has 0 aliphatic carbocycles. The minimum atomic E-state index is 0.273. The summed E-state index contributed by atoms with van der Waals surface area (Å²) >= 11 is 3.52. The van der Waals surface area contributed by atoms with Crippen LogP contribution in [0.2, 0.25) is 0 Å². The molecular formula is C14H21BrN2O. The van der Waals surface area contributed by atoms with Gasteiger partial charge < -0.3 is 10.5 Å².